The summed E-state index contributed by atoms with van der Waals surface area (Å²) in [5, 5.41) is 0. The van der Waals surface area contributed by atoms with Crippen molar-refractivity contribution in [1.82, 2.24) is 14.4 Å². The predicted molar refractivity (Wildman–Crippen MR) is 119 cm³/mol. The maximum atomic E-state index is 13.0. The van der Waals surface area contributed by atoms with Crippen LogP contribution in [0.25, 0.3) is 11.2 Å². The number of fused-ring (bicyclic) bond motifs is 1. The summed E-state index contributed by atoms with van der Waals surface area (Å²) < 4.78 is 52.0. The number of carbonyl (C=O) groups is 1. The van der Waals surface area contributed by atoms with E-state index in [1.807, 2.05) is 28.9 Å². The first-order chi connectivity index (χ1) is 16.4. The number of hydrogen-bond donors (Lipinski definition) is 0. The fraction of sp³-hybridized carbons (Fsp3) is 0.400. The zero-order chi connectivity index (χ0) is 23.7. The number of alkyl halides is 3. The molecule has 0 N–H and O–H groups in total. The van der Waals surface area contributed by atoms with Crippen molar-refractivity contribution in [2.24, 2.45) is 0 Å². The van der Waals surface area contributed by atoms with E-state index in [1.165, 1.54) is 12.1 Å². The number of ether oxygens (including phenoxy) is 2. The molecule has 0 unspecified atom stereocenters. The fourth-order valence-electron chi connectivity index (χ4n) is 4.49. The van der Waals surface area contributed by atoms with Gasteiger partial charge in [-0.15, -0.1) is 0 Å². The Kier molecular flexibility index (Phi) is 6.22. The van der Waals surface area contributed by atoms with Gasteiger partial charge in [0.25, 0.3) is 0 Å². The number of rotatable bonds is 5. The molecule has 1 saturated heterocycles. The van der Waals surface area contributed by atoms with Crippen molar-refractivity contribution in [3.8, 4) is 0 Å². The summed E-state index contributed by atoms with van der Waals surface area (Å²) in [5.74, 6) is -0.160. The summed E-state index contributed by atoms with van der Waals surface area (Å²) in [5.41, 5.74) is 3.22. The van der Waals surface area contributed by atoms with Crippen molar-refractivity contribution < 1.29 is 27.4 Å². The van der Waals surface area contributed by atoms with Crippen LogP contribution in [0, 0.1) is 0 Å². The lowest BCUT2D eigenvalue weighted by atomic mass is 9.97. The molecule has 3 aromatic heterocycles. The molecule has 1 fully saturated rings. The largest absolute Gasteiger partial charge is 0.433 e. The highest BCUT2D eigenvalue weighted by Crippen LogP contribution is 2.31. The van der Waals surface area contributed by atoms with Gasteiger partial charge in [0, 0.05) is 43.5 Å². The number of pyridine rings is 2. The van der Waals surface area contributed by atoms with Crippen LogP contribution in [0.4, 0.5) is 13.2 Å². The number of halogens is 3. The highest BCUT2D eigenvalue weighted by atomic mass is 19.4. The van der Waals surface area contributed by atoms with E-state index in [1.54, 1.807) is 0 Å². The summed E-state index contributed by atoms with van der Waals surface area (Å²) >= 11 is 0. The maximum absolute atomic E-state index is 13.0. The number of hydrogen-bond acceptors (Lipinski definition) is 5. The zero-order valence-electron chi connectivity index (χ0n) is 18.5. The van der Waals surface area contributed by atoms with E-state index >= 15 is 0 Å². The van der Waals surface area contributed by atoms with Crippen molar-refractivity contribution >= 4 is 17.0 Å². The quantitative estimate of drug-likeness (QED) is 0.497. The smallest absolute Gasteiger partial charge is 0.381 e. The van der Waals surface area contributed by atoms with Gasteiger partial charge in [0.05, 0.1) is 18.9 Å². The molecule has 6 nitrogen and oxygen atoms in total. The minimum Gasteiger partial charge on any atom is -0.381 e. The van der Waals surface area contributed by atoms with E-state index in [-0.39, 0.29) is 12.1 Å². The average molecular weight is 471 g/mol. The molecule has 0 spiro atoms. The number of aromatic nitrogens is 3. The lowest BCUT2D eigenvalue weighted by Crippen LogP contribution is -2.14. The number of imidazole rings is 1. The van der Waals surface area contributed by atoms with Gasteiger partial charge in [0.2, 0.25) is 0 Å². The Morgan fingerprint density at radius 1 is 1.09 bits per heavy atom. The SMILES string of the molecule is O=C(Cc1cc(C2=CCOCC2)c2nc(C3CCOCC3)cn2c1)c1cccc(C(F)(F)F)n1. The van der Waals surface area contributed by atoms with E-state index in [0.717, 1.165) is 47.8 Å². The summed E-state index contributed by atoms with van der Waals surface area (Å²) in [4.78, 5) is 21.3. The summed E-state index contributed by atoms with van der Waals surface area (Å²) in [6.07, 6.45) is 3.71. The number of ketones is 1. The van der Waals surface area contributed by atoms with E-state index in [9.17, 15) is 18.0 Å². The van der Waals surface area contributed by atoms with Crippen molar-refractivity contribution in [2.45, 2.75) is 37.8 Å². The van der Waals surface area contributed by atoms with Crippen LogP contribution in [0.1, 0.15) is 58.2 Å². The Labute approximate surface area is 194 Å². The first kappa shape index (κ1) is 22.7. The molecule has 0 amide bonds. The van der Waals surface area contributed by atoms with Crippen LogP contribution in [0.15, 0.2) is 42.7 Å². The highest BCUT2D eigenvalue weighted by molar-refractivity contribution is 5.96. The maximum Gasteiger partial charge on any atom is 0.433 e. The molecule has 0 atom stereocenters. The van der Waals surface area contributed by atoms with Gasteiger partial charge in [-0.05, 0) is 48.6 Å². The van der Waals surface area contributed by atoms with Crippen LogP contribution in [0.5, 0.6) is 0 Å². The summed E-state index contributed by atoms with van der Waals surface area (Å²) in [7, 11) is 0. The van der Waals surface area contributed by atoms with Crippen LogP contribution in [-0.4, -0.2) is 46.6 Å². The van der Waals surface area contributed by atoms with Crippen LogP contribution in [0.3, 0.4) is 0 Å². The lowest BCUT2D eigenvalue weighted by Gasteiger charge is -2.19. The first-order valence-electron chi connectivity index (χ1n) is 11.3. The Morgan fingerprint density at radius 3 is 2.65 bits per heavy atom. The van der Waals surface area contributed by atoms with Gasteiger partial charge in [0.1, 0.15) is 17.0 Å². The Bertz CT molecular complexity index is 1240. The molecule has 3 aromatic rings. The van der Waals surface area contributed by atoms with Crippen molar-refractivity contribution in [1.29, 1.82) is 0 Å². The van der Waals surface area contributed by atoms with Crippen molar-refractivity contribution in [2.75, 3.05) is 26.4 Å². The van der Waals surface area contributed by atoms with Crippen LogP contribution >= 0.6 is 0 Å². The van der Waals surface area contributed by atoms with E-state index < -0.39 is 17.7 Å². The molecule has 0 aromatic carbocycles. The van der Waals surface area contributed by atoms with Gasteiger partial charge in [-0.25, -0.2) is 9.97 Å². The summed E-state index contributed by atoms with van der Waals surface area (Å²) in [6.45, 7) is 2.52. The molecule has 2 aliphatic heterocycles. The predicted octanol–water partition coefficient (Wildman–Crippen LogP) is 4.87. The highest BCUT2D eigenvalue weighted by Gasteiger charge is 2.33. The molecule has 34 heavy (non-hydrogen) atoms. The lowest BCUT2D eigenvalue weighted by molar-refractivity contribution is -0.141. The minimum atomic E-state index is -4.60. The molecular weight excluding hydrogens is 447 g/mol. The van der Waals surface area contributed by atoms with Crippen molar-refractivity contribution in [3.63, 3.8) is 0 Å². The monoisotopic (exact) mass is 471 g/mol. The zero-order valence-corrected chi connectivity index (χ0v) is 18.5. The minimum absolute atomic E-state index is 0.0637. The van der Waals surface area contributed by atoms with Gasteiger partial charge in [-0.1, -0.05) is 12.1 Å². The second kappa shape index (κ2) is 9.31. The molecular formula is C25H24F3N3O3. The van der Waals surface area contributed by atoms with Gasteiger partial charge >= 0.3 is 6.18 Å². The van der Waals surface area contributed by atoms with E-state index in [4.69, 9.17) is 14.5 Å². The molecule has 0 saturated carbocycles. The Morgan fingerprint density at radius 2 is 1.91 bits per heavy atom. The third-order valence-electron chi connectivity index (χ3n) is 6.27. The van der Waals surface area contributed by atoms with Gasteiger partial charge in [-0.2, -0.15) is 13.2 Å². The molecule has 9 heteroatoms. The van der Waals surface area contributed by atoms with E-state index in [0.29, 0.717) is 37.9 Å². The second-order valence-corrected chi connectivity index (χ2v) is 8.61. The van der Waals surface area contributed by atoms with Crippen molar-refractivity contribution in [3.05, 3.63) is 70.9 Å². The third-order valence-corrected chi connectivity index (χ3v) is 6.27. The molecule has 5 rings (SSSR count). The first-order valence-corrected chi connectivity index (χ1v) is 11.3. The van der Waals surface area contributed by atoms with Crippen LogP contribution in [-0.2, 0) is 22.1 Å². The molecule has 178 valence electrons. The molecule has 2 aliphatic rings. The van der Waals surface area contributed by atoms with E-state index in [2.05, 4.69) is 4.98 Å². The number of Topliss-reactive ketones (excluding diaryl/α,β-unsaturated/α-hetero) is 1. The molecule has 0 aliphatic carbocycles. The topological polar surface area (TPSA) is 65.7 Å². The standard InChI is InChI=1S/C25H24F3N3O3/c26-25(27,28)23-3-1-2-20(29-23)22(32)13-16-12-19(17-4-8-33-9-5-17)24-30-21(15-31(24)14-16)18-6-10-34-11-7-18/h1-4,12,14-15,18H,5-11,13H2. The van der Waals surface area contributed by atoms with Gasteiger partial charge in [0.15, 0.2) is 5.78 Å². The fourth-order valence-corrected chi connectivity index (χ4v) is 4.49. The summed E-state index contributed by atoms with van der Waals surface area (Å²) in [6, 6.07) is 5.31. The molecule has 5 heterocycles. The second-order valence-electron chi connectivity index (χ2n) is 8.61. The number of nitrogens with zero attached hydrogens (tertiary/aromatic N) is 3. The molecule has 0 radical (unpaired) electrons. The third kappa shape index (κ3) is 4.76. The molecule has 0 bridgehead atoms. The Hall–Kier alpha value is -3.04. The van der Waals surface area contributed by atoms with Crippen LogP contribution in [0.2, 0.25) is 0 Å². The average Bonchev–Trinajstić information content (AvgIpc) is 3.28. The Balaban J connectivity index is 1.51. The normalized spacial score (nSPS) is 17.7. The van der Waals surface area contributed by atoms with Crippen LogP contribution < -0.4 is 0 Å². The van der Waals surface area contributed by atoms with Gasteiger partial charge in [-0.3, -0.25) is 4.79 Å². The number of carbonyl (C=O) groups excluding carboxylic acids is 1. The van der Waals surface area contributed by atoms with Gasteiger partial charge < -0.3 is 13.9 Å².